The molecule has 0 saturated heterocycles. The average Bonchev–Trinajstić information content (AvgIpc) is 2.78. The third-order valence-corrected chi connectivity index (χ3v) is 6.00. The summed E-state index contributed by atoms with van der Waals surface area (Å²) in [6.45, 7) is 0.137. The Hall–Kier alpha value is -4.05. The van der Waals surface area contributed by atoms with Gasteiger partial charge in [0.15, 0.2) is 0 Å². The molecule has 0 saturated carbocycles. The summed E-state index contributed by atoms with van der Waals surface area (Å²) >= 11 is 0. The van der Waals surface area contributed by atoms with E-state index in [1.165, 1.54) is 30.3 Å². The number of anilines is 1. The molecule has 0 aliphatic rings. The number of H-pyrrole nitrogens is 1. The number of nitrogens with zero attached hydrogens (tertiary/aromatic N) is 1. The molecular formula is C22H17FN4O4S. The number of aromatic nitrogens is 2. The molecule has 0 unspecified atom stereocenters. The summed E-state index contributed by atoms with van der Waals surface area (Å²) in [6.07, 6.45) is 1.59. The van der Waals surface area contributed by atoms with E-state index in [-0.39, 0.29) is 28.1 Å². The molecule has 32 heavy (non-hydrogen) atoms. The van der Waals surface area contributed by atoms with Gasteiger partial charge in [0.2, 0.25) is 5.56 Å². The van der Waals surface area contributed by atoms with Gasteiger partial charge in [-0.3, -0.25) is 19.3 Å². The maximum atomic E-state index is 13.1. The average molecular weight is 452 g/mol. The van der Waals surface area contributed by atoms with E-state index >= 15 is 0 Å². The van der Waals surface area contributed by atoms with E-state index in [2.05, 4.69) is 20.0 Å². The number of carbonyl (C=O) groups excluding carboxylic acids is 1. The van der Waals surface area contributed by atoms with E-state index in [4.69, 9.17) is 0 Å². The van der Waals surface area contributed by atoms with Crippen LogP contribution in [0.25, 0.3) is 10.9 Å². The molecule has 3 N–H and O–H groups in total. The SMILES string of the molecule is O=C(NCc1ccccn1)c1cc(=O)[nH]c2ccc(S(=O)(=O)Nc3ccc(F)cc3)cc12. The van der Waals surface area contributed by atoms with Crippen LogP contribution in [0.3, 0.4) is 0 Å². The molecule has 2 aromatic carbocycles. The van der Waals surface area contributed by atoms with Crippen molar-refractivity contribution < 1.29 is 17.6 Å². The number of aromatic amines is 1. The molecule has 0 radical (unpaired) electrons. The van der Waals surface area contributed by atoms with Gasteiger partial charge in [0.05, 0.1) is 22.7 Å². The molecule has 0 aliphatic carbocycles. The monoisotopic (exact) mass is 452 g/mol. The summed E-state index contributed by atoms with van der Waals surface area (Å²) in [5.74, 6) is -1.04. The van der Waals surface area contributed by atoms with Crippen LogP contribution < -0.4 is 15.6 Å². The van der Waals surface area contributed by atoms with Crippen molar-refractivity contribution in [1.29, 1.82) is 0 Å². The van der Waals surface area contributed by atoms with Gasteiger partial charge in [-0.15, -0.1) is 0 Å². The molecule has 2 heterocycles. The molecule has 162 valence electrons. The van der Waals surface area contributed by atoms with Crippen molar-refractivity contribution in [2.24, 2.45) is 0 Å². The van der Waals surface area contributed by atoms with Gasteiger partial charge in [0, 0.05) is 28.9 Å². The second-order valence-corrected chi connectivity index (χ2v) is 8.55. The summed E-state index contributed by atoms with van der Waals surface area (Å²) < 4.78 is 41.1. The van der Waals surface area contributed by atoms with Crippen LogP contribution in [0.5, 0.6) is 0 Å². The molecule has 4 aromatic rings. The van der Waals surface area contributed by atoms with Crippen molar-refractivity contribution in [1.82, 2.24) is 15.3 Å². The van der Waals surface area contributed by atoms with Gasteiger partial charge in [-0.05, 0) is 54.6 Å². The summed E-state index contributed by atoms with van der Waals surface area (Å²) in [6, 6.07) is 15.2. The predicted octanol–water partition coefficient (Wildman–Crippen LogP) is 2.79. The fourth-order valence-electron chi connectivity index (χ4n) is 3.09. The number of pyridine rings is 2. The first-order valence-electron chi connectivity index (χ1n) is 9.45. The zero-order chi connectivity index (χ0) is 22.7. The van der Waals surface area contributed by atoms with E-state index < -0.39 is 27.3 Å². The number of hydrogen-bond donors (Lipinski definition) is 3. The standard InChI is InChI=1S/C22H17FN4O4S/c23-14-4-6-15(7-5-14)27-32(30,31)17-8-9-20-18(11-17)19(12-21(28)26-20)22(29)25-13-16-3-1-2-10-24-16/h1-12,27H,13H2,(H,25,29)(H,26,28). The van der Waals surface area contributed by atoms with Crippen molar-refractivity contribution in [3.63, 3.8) is 0 Å². The number of rotatable bonds is 6. The van der Waals surface area contributed by atoms with E-state index in [9.17, 15) is 22.4 Å². The second kappa shape index (κ2) is 8.60. The van der Waals surface area contributed by atoms with E-state index in [1.54, 1.807) is 24.4 Å². The van der Waals surface area contributed by atoms with Gasteiger partial charge in [-0.2, -0.15) is 0 Å². The van der Waals surface area contributed by atoms with Crippen molar-refractivity contribution in [3.8, 4) is 0 Å². The molecule has 10 heteroatoms. The van der Waals surface area contributed by atoms with E-state index in [1.807, 2.05) is 0 Å². The van der Waals surface area contributed by atoms with Crippen LogP contribution in [0.15, 0.2) is 82.6 Å². The van der Waals surface area contributed by atoms with Gasteiger partial charge in [0.25, 0.3) is 15.9 Å². The lowest BCUT2D eigenvalue weighted by Crippen LogP contribution is -2.25. The highest BCUT2D eigenvalue weighted by molar-refractivity contribution is 7.92. The molecule has 0 aliphatic heterocycles. The minimum Gasteiger partial charge on any atom is -0.346 e. The van der Waals surface area contributed by atoms with Gasteiger partial charge >= 0.3 is 0 Å². The Bertz CT molecular complexity index is 1450. The molecule has 0 spiro atoms. The number of amides is 1. The Morgan fingerprint density at radius 2 is 1.81 bits per heavy atom. The first kappa shape index (κ1) is 21.2. The third kappa shape index (κ3) is 4.65. The van der Waals surface area contributed by atoms with Crippen molar-refractivity contribution in [2.75, 3.05) is 4.72 Å². The lowest BCUT2D eigenvalue weighted by Gasteiger charge is -2.11. The summed E-state index contributed by atoms with van der Waals surface area (Å²) in [7, 11) is -4.03. The normalized spacial score (nSPS) is 11.3. The van der Waals surface area contributed by atoms with Crippen LogP contribution in [0.2, 0.25) is 0 Å². The third-order valence-electron chi connectivity index (χ3n) is 4.62. The number of fused-ring (bicyclic) bond motifs is 1. The quantitative estimate of drug-likeness (QED) is 0.415. The minimum atomic E-state index is -4.03. The molecule has 0 atom stereocenters. The Morgan fingerprint density at radius 3 is 2.53 bits per heavy atom. The lowest BCUT2D eigenvalue weighted by atomic mass is 10.1. The van der Waals surface area contributed by atoms with E-state index in [0.29, 0.717) is 11.2 Å². The fraction of sp³-hybridized carbons (Fsp3) is 0.0455. The molecule has 0 fully saturated rings. The highest BCUT2D eigenvalue weighted by Gasteiger charge is 2.18. The number of hydrogen-bond acceptors (Lipinski definition) is 5. The van der Waals surface area contributed by atoms with Gasteiger partial charge in [-0.25, -0.2) is 12.8 Å². The van der Waals surface area contributed by atoms with Gasteiger partial charge in [0.1, 0.15) is 5.82 Å². The molecule has 2 aromatic heterocycles. The van der Waals surface area contributed by atoms with Crippen molar-refractivity contribution in [3.05, 3.63) is 100 Å². The molecule has 4 rings (SSSR count). The van der Waals surface area contributed by atoms with Gasteiger partial charge in [-0.1, -0.05) is 6.07 Å². The first-order valence-corrected chi connectivity index (χ1v) is 10.9. The Labute approximate surface area is 182 Å². The number of benzene rings is 2. The van der Waals surface area contributed by atoms with Crippen LogP contribution in [0.1, 0.15) is 16.1 Å². The van der Waals surface area contributed by atoms with Crippen LogP contribution in [-0.2, 0) is 16.6 Å². The topological polar surface area (TPSA) is 121 Å². The van der Waals surface area contributed by atoms with Gasteiger partial charge < -0.3 is 10.3 Å². The first-order chi connectivity index (χ1) is 15.3. The molecular weight excluding hydrogens is 435 g/mol. The van der Waals surface area contributed by atoms with Crippen LogP contribution >= 0.6 is 0 Å². The largest absolute Gasteiger partial charge is 0.346 e. The van der Waals surface area contributed by atoms with Crippen molar-refractivity contribution >= 4 is 32.5 Å². The maximum Gasteiger partial charge on any atom is 0.261 e. The number of halogens is 1. The zero-order valence-corrected chi connectivity index (χ0v) is 17.3. The molecule has 8 nitrogen and oxygen atoms in total. The van der Waals surface area contributed by atoms with Crippen LogP contribution in [0.4, 0.5) is 10.1 Å². The summed E-state index contributed by atoms with van der Waals surface area (Å²) in [5, 5.41) is 2.94. The lowest BCUT2D eigenvalue weighted by molar-refractivity contribution is 0.0952. The smallest absolute Gasteiger partial charge is 0.261 e. The number of carbonyl (C=O) groups is 1. The minimum absolute atomic E-state index is 0.0264. The van der Waals surface area contributed by atoms with Crippen LogP contribution in [0, 0.1) is 5.82 Å². The maximum absolute atomic E-state index is 13.1. The number of nitrogens with one attached hydrogen (secondary N) is 3. The number of sulfonamides is 1. The highest BCUT2D eigenvalue weighted by Crippen LogP contribution is 2.22. The molecule has 0 bridgehead atoms. The van der Waals surface area contributed by atoms with Crippen molar-refractivity contribution in [2.45, 2.75) is 11.4 Å². The Morgan fingerprint density at radius 1 is 1.03 bits per heavy atom. The highest BCUT2D eigenvalue weighted by atomic mass is 32.2. The summed E-state index contributed by atoms with van der Waals surface area (Å²) in [4.78, 5) is 31.4. The Balaban J connectivity index is 1.68. The van der Waals surface area contributed by atoms with E-state index in [0.717, 1.165) is 18.2 Å². The fourth-order valence-corrected chi connectivity index (χ4v) is 4.17. The Kier molecular flexibility index (Phi) is 5.69. The predicted molar refractivity (Wildman–Crippen MR) is 117 cm³/mol. The van der Waals surface area contributed by atoms with Crippen LogP contribution in [-0.4, -0.2) is 24.3 Å². The second-order valence-electron chi connectivity index (χ2n) is 6.87. The summed E-state index contributed by atoms with van der Waals surface area (Å²) in [5.41, 5.74) is 0.642. The zero-order valence-electron chi connectivity index (χ0n) is 16.5. The molecule has 1 amide bonds.